The predicted molar refractivity (Wildman–Crippen MR) is 81.1 cm³/mol. The third kappa shape index (κ3) is 4.34. The molecule has 1 heterocycles. The molecule has 0 spiro atoms. The Bertz CT molecular complexity index is 511. The van der Waals surface area contributed by atoms with Gasteiger partial charge in [0.15, 0.2) is 0 Å². The van der Waals surface area contributed by atoms with Crippen molar-refractivity contribution < 1.29 is 14.6 Å². The Morgan fingerprint density at radius 2 is 2.25 bits per heavy atom. The van der Waals surface area contributed by atoms with Gasteiger partial charge in [-0.25, -0.2) is 0 Å². The average molecular weight is 295 g/mol. The molecule has 0 saturated heterocycles. The number of aliphatic hydroxyl groups excluding tert-OH is 1. The van der Waals surface area contributed by atoms with Gasteiger partial charge in [-0.3, -0.25) is 4.79 Å². The lowest BCUT2D eigenvalue weighted by Gasteiger charge is -2.25. The molecule has 1 rings (SSSR count). The number of amides is 1. The fourth-order valence-electron chi connectivity index (χ4n) is 1.76. The highest BCUT2D eigenvalue weighted by Gasteiger charge is 2.21. The van der Waals surface area contributed by atoms with Crippen molar-refractivity contribution in [2.75, 3.05) is 26.9 Å². The maximum Gasteiger partial charge on any atom is 0.264 e. The lowest BCUT2D eigenvalue weighted by atomic mass is 10.2. The van der Waals surface area contributed by atoms with E-state index in [0.717, 1.165) is 10.4 Å². The molecule has 0 saturated carbocycles. The van der Waals surface area contributed by atoms with Crippen LogP contribution in [0.3, 0.4) is 0 Å². The minimum absolute atomic E-state index is 0.00204. The zero-order valence-electron chi connectivity index (χ0n) is 12.4. The van der Waals surface area contributed by atoms with E-state index in [1.807, 2.05) is 26.8 Å². The van der Waals surface area contributed by atoms with E-state index in [9.17, 15) is 4.79 Å². The fourth-order valence-corrected chi connectivity index (χ4v) is 2.76. The van der Waals surface area contributed by atoms with Crippen LogP contribution in [0.5, 0.6) is 0 Å². The van der Waals surface area contributed by atoms with Gasteiger partial charge in [0, 0.05) is 19.7 Å². The zero-order valence-corrected chi connectivity index (χ0v) is 13.2. The number of hydrogen-bond donors (Lipinski definition) is 1. The third-order valence-corrected chi connectivity index (χ3v) is 3.97. The fraction of sp³-hybridized carbons (Fsp3) is 0.533. The van der Waals surface area contributed by atoms with E-state index in [0.29, 0.717) is 18.0 Å². The first-order valence-corrected chi connectivity index (χ1v) is 7.33. The number of ether oxygens (including phenoxy) is 1. The highest BCUT2D eigenvalue weighted by atomic mass is 32.1. The summed E-state index contributed by atoms with van der Waals surface area (Å²) >= 11 is 1.37. The molecule has 4 nitrogen and oxygen atoms in total. The molecule has 0 radical (unpaired) electrons. The Hall–Kier alpha value is -1.35. The highest BCUT2D eigenvalue weighted by molar-refractivity contribution is 7.14. The topological polar surface area (TPSA) is 49.8 Å². The molecule has 5 heteroatoms. The molecular weight excluding hydrogens is 274 g/mol. The first-order chi connectivity index (χ1) is 9.51. The standard InChI is InChI=1S/C15H21NO3S/c1-11(2)16(7-9-19-4)15(18)14-10-12(3)13(20-14)6-5-8-17/h10-11,17H,7-9H2,1-4H3. The molecule has 0 aliphatic carbocycles. The molecule has 0 unspecified atom stereocenters. The Morgan fingerprint density at radius 3 is 2.80 bits per heavy atom. The number of carbonyl (C=O) groups is 1. The van der Waals surface area contributed by atoms with Crippen molar-refractivity contribution in [2.45, 2.75) is 26.8 Å². The number of aryl methyl sites for hydroxylation is 1. The van der Waals surface area contributed by atoms with Crippen LogP contribution in [-0.2, 0) is 4.74 Å². The van der Waals surface area contributed by atoms with Gasteiger partial charge >= 0.3 is 0 Å². The van der Waals surface area contributed by atoms with E-state index in [2.05, 4.69) is 11.8 Å². The van der Waals surface area contributed by atoms with Gasteiger partial charge in [0.05, 0.1) is 16.4 Å². The van der Waals surface area contributed by atoms with Crippen LogP contribution in [-0.4, -0.2) is 48.8 Å². The van der Waals surface area contributed by atoms with Crippen molar-refractivity contribution >= 4 is 17.2 Å². The summed E-state index contributed by atoms with van der Waals surface area (Å²) in [4.78, 5) is 15.8. The van der Waals surface area contributed by atoms with Crippen LogP contribution in [0.15, 0.2) is 6.07 Å². The summed E-state index contributed by atoms with van der Waals surface area (Å²) in [5, 5.41) is 8.73. The molecule has 1 amide bonds. The van der Waals surface area contributed by atoms with Crippen LogP contribution in [0.25, 0.3) is 0 Å². The second-order valence-corrected chi connectivity index (χ2v) is 5.72. The van der Waals surface area contributed by atoms with Crippen LogP contribution in [0.4, 0.5) is 0 Å². The Labute approximate surface area is 124 Å². The molecule has 0 fully saturated rings. The van der Waals surface area contributed by atoms with E-state index in [-0.39, 0.29) is 18.6 Å². The number of rotatable bonds is 5. The maximum atomic E-state index is 12.5. The minimum Gasteiger partial charge on any atom is -0.384 e. The predicted octanol–water partition coefficient (Wildman–Crippen LogP) is 1.90. The van der Waals surface area contributed by atoms with E-state index in [1.165, 1.54) is 11.3 Å². The van der Waals surface area contributed by atoms with Crippen LogP contribution in [0.1, 0.15) is 34.0 Å². The van der Waals surface area contributed by atoms with Crippen LogP contribution in [0, 0.1) is 18.8 Å². The molecule has 1 aromatic heterocycles. The van der Waals surface area contributed by atoms with Crippen LogP contribution in [0.2, 0.25) is 0 Å². The second-order valence-electron chi connectivity index (χ2n) is 4.67. The Kier molecular flexibility index (Phi) is 6.73. The molecule has 1 N–H and O–H groups in total. The summed E-state index contributed by atoms with van der Waals surface area (Å²) in [6.45, 7) is 6.81. The number of aliphatic hydroxyl groups is 1. The smallest absolute Gasteiger partial charge is 0.264 e. The largest absolute Gasteiger partial charge is 0.384 e. The summed E-state index contributed by atoms with van der Waals surface area (Å²) in [5.41, 5.74) is 0.967. The summed E-state index contributed by atoms with van der Waals surface area (Å²) in [6.07, 6.45) is 0. The lowest BCUT2D eigenvalue weighted by molar-refractivity contribution is 0.0639. The van der Waals surface area contributed by atoms with Gasteiger partial charge in [0.2, 0.25) is 0 Å². The molecule has 0 aromatic carbocycles. The zero-order chi connectivity index (χ0) is 15.1. The third-order valence-electron chi connectivity index (χ3n) is 2.83. The van der Waals surface area contributed by atoms with E-state index in [4.69, 9.17) is 9.84 Å². The molecule has 20 heavy (non-hydrogen) atoms. The molecule has 0 aliphatic rings. The first kappa shape index (κ1) is 16.7. The lowest BCUT2D eigenvalue weighted by Crippen LogP contribution is -2.38. The second kappa shape index (κ2) is 8.05. The number of hydrogen-bond acceptors (Lipinski definition) is 4. The molecule has 110 valence electrons. The van der Waals surface area contributed by atoms with E-state index >= 15 is 0 Å². The van der Waals surface area contributed by atoms with E-state index in [1.54, 1.807) is 12.0 Å². The van der Waals surface area contributed by atoms with Gasteiger partial charge in [-0.2, -0.15) is 0 Å². The van der Waals surface area contributed by atoms with Gasteiger partial charge in [-0.15, -0.1) is 11.3 Å². The van der Waals surface area contributed by atoms with Crippen molar-refractivity contribution in [3.05, 3.63) is 21.4 Å². The van der Waals surface area contributed by atoms with Crippen molar-refractivity contribution in [1.82, 2.24) is 4.90 Å². The first-order valence-electron chi connectivity index (χ1n) is 6.51. The van der Waals surface area contributed by atoms with Gasteiger partial charge in [-0.05, 0) is 32.4 Å². The van der Waals surface area contributed by atoms with Gasteiger partial charge in [0.25, 0.3) is 5.91 Å². The van der Waals surface area contributed by atoms with Gasteiger partial charge in [-0.1, -0.05) is 11.8 Å². The monoisotopic (exact) mass is 295 g/mol. The summed E-state index contributed by atoms with van der Waals surface area (Å²) in [6, 6.07) is 1.98. The van der Waals surface area contributed by atoms with E-state index < -0.39 is 0 Å². The van der Waals surface area contributed by atoms with Gasteiger partial charge < -0.3 is 14.7 Å². The summed E-state index contributed by atoms with van der Waals surface area (Å²) < 4.78 is 5.05. The molecular formula is C15H21NO3S. The number of nitrogens with zero attached hydrogens (tertiary/aromatic N) is 1. The minimum atomic E-state index is -0.174. The van der Waals surface area contributed by atoms with Crippen molar-refractivity contribution in [2.24, 2.45) is 0 Å². The summed E-state index contributed by atoms with van der Waals surface area (Å²) in [7, 11) is 1.63. The SMILES string of the molecule is COCCN(C(=O)c1cc(C)c(C#CCO)s1)C(C)C. The number of thiophene rings is 1. The van der Waals surface area contributed by atoms with Crippen molar-refractivity contribution in [3.63, 3.8) is 0 Å². The van der Waals surface area contributed by atoms with Gasteiger partial charge in [0.1, 0.15) is 6.61 Å². The van der Waals surface area contributed by atoms with Crippen LogP contribution >= 0.6 is 11.3 Å². The van der Waals surface area contributed by atoms with Crippen LogP contribution < -0.4 is 0 Å². The number of carbonyl (C=O) groups excluding carboxylic acids is 1. The highest BCUT2D eigenvalue weighted by Crippen LogP contribution is 2.23. The molecule has 0 aliphatic heterocycles. The quantitative estimate of drug-likeness (QED) is 0.844. The average Bonchev–Trinajstić information content (AvgIpc) is 2.77. The Morgan fingerprint density at radius 1 is 1.55 bits per heavy atom. The summed E-state index contributed by atoms with van der Waals surface area (Å²) in [5.74, 6) is 5.49. The maximum absolute atomic E-state index is 12.5. The number of methoxy groups -OCH3 is 1. The van der Waals surface area contributed by atoms with Crippen molar-refractivity contribution in [3.8, 4) is 11.8 Å². The Balaban J connectivity index is 2.94. The molecule has 0 bridgehead atoms. The normalized spacial score (nSPS) is 10.3. The van der Waals surface area contributed by atoms with Crippen molar-refractivity contribution in [1.29, 1.82) is 0 Å². The molecule has 0 atom stereocenters. The molecule has 1 aromatic rings.